The molecule has 152 valence electrons. The third kappa shape index (κ3) is 4.79. The minimum Gasteiger partial charge on any atom is -0.356 e. The van der Waals surface area contributed by atoms with E-state index in [2.05, 4.69) is 43.1 Å². The van der Waals surface area contributed by atoms with Crippen LogP contribution in [0, 0.1) is 17.7 Å². The van der Waals surface area contributed by atoms with Crippen LogP contribution < -0.4 is 5.32 Å². The molecule has 1 N–H and O–H groups in total. The van der Waals surface area contributed by atoms with Gasteiger partial charge in [-0.2, -0.15) is 0 Å². The second-order valence-electron chi connectivity index (χ2n) is 8.26. The molecule has 1 aromatic heterocycles. The number of rotatable bonds is 7. The maximum atomic E-state index is 13.1. The Bertz CT molecular complexity index is 787. The molecule has 28 heavy (non-hydrogen) atoms. The summed E-state index contributed by atoms with van der Waals surface area (Å²) >= 11 is 0. The van der Waals surface area contributed by atoms with E-state index in [1.54, 1.807) is 12.1 Å². The number of carbonyl (C=O) groups excluding carboxylic acids is 1. The molecule has 0 radical (unpaired) electrons. The summed E-state index contributed by atoms with van der Waals surface area (Å²) in [4.78, 5) is 15.0. The molecule has 0 aliphatic carbocycles. The maximum absolute atomic E-state index is 13.1. The predicted molar refractivity (Wildman–Crippen MR) is 107 cm³/mol. The van der Waals surface area contributed by atoms with Crippen molar-refractivity contribution in [3.8, 4) is 11.3 Å². The summed E-state index contributed by atoms with van der Waals surface area (Å²) < 4.78 is 18.6. The van der Waals surface area contributed by atoms with Crippen molar-refractivity contribution in [3.05, 3.63) is 41.8 Å². The number of hydrogen-bond acceptors (Lipinski definition) is 4. The average Bonchev–Trinajstić information content (AvgIpc) is 3.12. The van der Waals surface area contributed by atoms with Crippen LogP contribution in [0.4, 0.5) is 4.39 Å². The monoisotopic (exact) mass is 387 g/mol. The number of aromatic nitrogens is 1. The largest absolute Gasteiger partial charge is 0.356 e. The molecule has 2 aromatic rings. The number of nitrogens with zero attached hydrogens (tertiary/aromatic N) is 2. The van der Waals surface area contributed by atoms with Gasteiger partial charge in [-0.25, -0.2) is 4.39 Å². The Balaban J connectivity index is 1.78. The Hall–Kier alpha value is -2.21. The van der Waals surface area contributed by atoms with Gasteiger partial charge in [-0.05, 0) is 42.5 Å². The van der Waals surface area contributed by atoms with Crippen molar-refractivity contribution < 1.29 is 13.7 Å². The Morgan fingerprint density at radius 1 is 1.29 bits per heavy atom. The minimum absolute atomic E-state index is 0.104. The highest BCUT2D eigenvalue weighted by Gasteiger charge is 2.36. The van der Waals surface area contributed by atoms with Crippen molar-refractivity contribution in [3.63, 3.8) is 0 Å². The van der Waals surface area contributed by atoms with Gasteiger partial charge in [0.25, 0.3) is 0 Å². The molecule has 5 nitrogen and oxygen atoms in total. The number of nitrogens with one attached hydrogen (secondary N) is 1. The van der Waals surface area contributed by atoms with E-state index in [1.807, 2.05) is 6.07 Å². The van der Waals surface area contributed by atoms with Crippen LogP contribution in [0.5, 0.6) is 0 Å². The van der Waals surface area contributed by atoms with Gasteiger partial charge in [0.1, 0.15) is 5.82 Å². The van der Waals surface area contributed by atoms with Crippen molar-refractivity contribution in [1.29, 1.82) is 0 Å². The average molecular weight is 387 g/mol. The molecular formula is C22H30FN3O2. The van der Waals surface area contributed by atoms with Crippen LogP contribution in [0.25, 0.3) is 11.3 Å². The molecule has 1 aliphatic rings. The standard InChI is InChI=1S/C22H30FN3O2/c1-5-15(4)19-13-26(20(10-14(2)3)22(27)24-19)12-18-11-21(28-25-18)16-6-8-17(23)9-7-16/h6-9,11,14-15,19-20H,5,10,12-13H2,1-4H3,(H,24,27). The second kappa shape index (κ2) is 8.86. The first-order chi connectivity index (χ1) is 13.4. The molecule has 1 aliphatic heterocycles. The lowest BCUT2D eigenvalue weighted by Crippen LogP contribution is -2.61. The van der Waals surface area contributed by atoms with Gasteiger partial charge in [0, 0.05) is 30.8 Å². The van der Waals surface area contributed by atoms with Crippen LogP contribution in [0.15, 0.2) is 34.9 Å². The quantitative estimate of drug-likeness (QED) is 0.772. The van der Waals surface area contributed by atoms with Crippen LogP contribution in [-0.2, 0) is 11.3 Å². The van der Waals surface area contributed by atoms with Crippen LogP contribution in [0.2, 0.25) is 0 Å². The molecule has 0 bridgehead atoms. The fourth-order valence-corrected chi connectivity index (χ4v) is 3.70. The number of halogens is 1. The zero-order valence-corrected chi connectivity index (χ0v) is 17.1. The number of piperazine rings is 1. The number of hydrogen-bond donors (Lipinski definition) is 1. The Morgan fingerprint density at radius 2 is 2.00 bits per heavy atom. The molecule has 6 heteroatoms. The van der Waals surface area contributed by atoms with Gasteiger partial charge >= 0.3 is 0 Å². The van der Waals surface area contributed by atoms with E-state index in [9.17, 15) is 9.18 Å². The van der Waals surface area contributed by atoms with Crippen molar-refractivity contribution in [1.82, 2.24) is 15.4 Å². The maximum Gasteiger partial charge on any atom is 0.237 e. The van der Waals surface area contributed by atoms with Gasteiger partial charge < -0.3 is 9.84 Å². The van der Waals surface area contributed by atoms with E-state index in [4.69, 9.17) is 4.52 Å². The van der Waals surface area contributed by atoms with Gasteiger partial charge in [0.15, 0.2) is 5.76 Å². The first-order valence-electron chi connectivity index (χ1n) is 10.1. The molecule has 3 unspecified atom stereocenters. The smallest absolute Gasteiger partial charge is 0.237 e. The molecule has 1 amide bonds. The normalized spacial score (nSPS) is 21.7. The Kier molecular flexibility index (Phi) is 6.50. The molecule has 2 heterocycles. The topological polar surface area (TPSA) is 58.4 Å². The molecule has 3 atom stereocenters. The van der Waals surface area contributed by atoms with Crippen molar-refractivity contribution >= 4 is 5.91 Å². The molecule has 0 spiro atoms. The van der Waals surface area contributed by atoms with Gasteiger partial charge in [-0.15, -0.1) is 0 Å². The zero-order chi connectivity index (χ0) is 20.3. The van der Waals surface area contributed by atoms with E-state index in [1.165, 1.54) is 12.1 Å². The lowest BCUT2D eigenvalue weighted by Gasteiger charge is -2.41. The van der Waals surface area contributed by atoms with E-state index in [-0.39, 0.29) is 23.8 Å². The highest BCUT2D eigenvalue weighted by atomic mass is 19.1. The zero-order valence-electron chi connectivity index (χ0n) is 17.1. The predicted octanol–water partition coefficient (Wildman–Crippen LogP) is 4.24. The third-order valence-corrected chi connectivity index (χ3v) is 5.58. The highest BCUT2D eigenvalue weighted by molar-refractivity contribution is 5.83. The molecule has 0 saturated carbocycles. The lowest BCUT2D eigenvalue weighted by molar-refractivity contribution is -0.132. The Labute approximate surface area is 166 Å². The van der Waals surface area contributed by atoms with E-state index in [0.717, 1.165) is 30.6 Å². The lowest BCUT2D eigenvalue weighted by atomic mass is 9.92. The second-order valence-corrected chi connectivity index (χ2v) is 8.26. The van der Waals surface area contributed by atoms with Crippen LogP contribution in [0.3, 0.4) is 0 Å². The molecule has 1 aromatic carbocycles. The summed E-state index contributed by atoms with van der Waals surface area (Å²) in [5, 5.41) is 7.41. The van der Waals surface area contributed by atoms with Gasteiger partial charge in [0.2, 0.25) is 5.91 Å². The number of benzene rings is 1. The summed E-state index contributed by atoms with van der Waals surface area (Å²) in [6.45, 7) is 9.95. The molecule has 1 fully saturated rings. The molecular weight excluding hydrogens is 357 g/mol. The molecule has 1 saturated heterocycles. The SMILES string of the molecule is CCC(C)C1CN(Cc2cc(-c3ccc(F)cc3)on2)C(CC(C)C)C(=O)N1. The summed E-state index contributed by atoms with van der Waals surface area (Å²) in [5.41, 5.74) is 1.57. The van der Waals surface area contributed by atoms with E-state index >= 15 is 0 Å². The summed E-state index contributed by atoms with van der Waals surface area (Å²) in [6, 6.07) is 8.02. The first-order valence-corrected chi connectivity index (χ1v) is 10.1. The molecule has 3 rings (SSSR count). The fraction of sp³-hybridized carbons (Fsp3) is 0.545. The van der Waals surface area contributed by atoms with Crippen LogP contribution in [-0.4, -0.2) is 34.6 Å². The van der Waals surface area contributed by atoms with Crippen molar-refractivity contribution in [2.75, 3.05) is 6.54 Å². The van der Waals surface area contributed by atoms with Gasteiger partial charge in [-0.1, -0.05) is 39.3 Å². The summed E-state index contributed by atoms with van der Waals surface area (Å²) in [7, 11) is 0. The van der Waals surface area contributed by atoms with Gasteiger partial charge in [-0.3, -0.25) is 9.69 Å². The highest BCUT2D eigenvalue weighted by Crippen LogP contribution is 2.25. The van der Waals surface area contributed by atoms with Crippen molar-refractivity contribution in [2.45, 2.75) is 59.2 Å². The minimum atomic E-state index is -0.282. The van der Waals surface area contributed by atoms with Gasteiger partial charge in [0.05, 0.1) is 11.7 Å². The summed E-state index contributed by atoms with van der Waals surface area (Å²) in [6.07, 6.45) is 1.83. The number of amides is 1. The van der Waals surface area contributed by atoms with E-state index in [0.29, 0.717) is 24.1 Å². The van der Waals surface area contributed by atoms with Crippen LogP contribution in [0.1, 0.15) is 46.2 Å². The fourth-order valence-electron chi connectivity index (χ4n) is 3.70. The summed E-state index contributed by atoms with van der Waals surface area (Å²) in [5.74, 6) is 1.27. The van der Waals surface area contributed by atoms with Crippen LogP contribution >= 0.6 is 0 Å². The Morgan fingerprint density at radius 3 is 2.64 bits per heavy atom. The number of carbonyl (C=O) groups is 1. The third-order valence-electron chi connectivity index (χ3n) is 5.58. The van der Waals surface area contributed by atoms with E-state index < -0.39 is 0 Å². The van der Waals surface area contributed by atoms with Crippen molar-refractivity contribution in [2.24, 2.45) is 11.8 Å². The first kappa shape index (κ1) is 20.5.